The summed E-state index contributed by atoms with van der Waals surface area (Å²) in [6.07, 6.45) is 81.8. The number of carbonyl (C=O) groups excluding carboxylic acids is 2. The van der Waals surface area contributed by atoms with E-state index in [0.717, 1.165) is 128 Å². The third kappa shape index (κ3) is 58.4. The second kappa shape index (κ2) is 57.1. The molecule has 0 bridgehead atoms. The first kappa shape index (κ1) is 71.9. The lowest BCUT2D eigenvalue weighted by Crippen LogP contribution is -2.40. The molecule has 0 spiro atoms. The topological polar surface area (TPSA) is 108 Å². The molecule has 0 radical (unpaired) electrons. The molecule has 2 atom stereocenters. The fourth-order valence-corrected chi connectivity index (χ4v) is 7.29. The zero-order valence-electron chi connectivity index (χ0n) is 49.0. The molecule has 0 fully saturated rings. The Hall–Kier alpha value is -5.09. The minimum absolute atomic E-state index is 0.171. The molecule has 0 aliphatic heterocycles. The van der Waals surface area contributed by atoms with Crippen molar-refractivity contribution in [3.8, 4) is 0 Å². The molecule has 77 heavy (non-hydrogen) atoms. The van der Waals surface area contributed by atoms with Gasteiger partial charge in [-0.1, -0.05) is 217 Å². The Morgan fingerprint density at radius 2 is 0.701 bits per heavy atom. The van der Waals surface area contributed by atoms with Gasteiger partial charge in [0.15, 0.2) is 6.10 Å². The van der Waals surface area contributed by atoms with Gasteiger partial charge in [0, 0.05) is 12.8 Å². The Bertz CT molecular complexity index is 1810. The smallest absolute Gasteiger partial charge is 0.361 e. The van der Waals surface area contributed by atoms with E-state index in [1.54, 1.807) is 0 Å². The number of unbranched alkanes of at least 4 members (excludes halogenated alkanes) is 11. The van der Waals surface area contributed by atoms with E-state index in [4.69, 9.17) is 18.9 Å². The average molecular weight is 1070 g/mol. The summed E-state index contributed by atoms with van der Waals surface area (Å²) in [6, 6.07) is 0. The van der Waals surface area contributed by atoms with Gasteiger partial charge in [0.2, 0.25) is 0 Å². The molecule has 0 saturated carbocycles. The van der Waals surface area contributed by atoms with Gasteiger partial charge in [0.1, 0.15) is 13.2 Å². The molecule has 1 N–H and O–H groups in total. The number of allylic oxidation sites excluding steroid dienone is 26. The Labute approximate surface area is 470 Å². The van der Waals surface area contributed by atoms with Gasteiger partial charge in [-0.25, -0.2) is 4.79 Å². The maximum Gasteiger partial charge on any atom is 0.361 e. The van der Waals surface area contributed by atoms with Crippen LogP contribution in [0.3, 0.4) is 0 Å². The third-order valence-corrected chi connectivity index (χ3v) is 11.8. The van der Waals surface area contributed by atoms with Crippen LogP contribution in [-0.4, -0.2) is 87.4 Å². The SMILES string of the molecule is CC/C=C\C/C=C\C/C=C\C/C=C\C/C=C\C/C=C\C/C=C\C/C=C\CCCCCCCCCCC(=O)OC(COC(=O)CCCCC/C=C\C/C=C\C/C=C\C/C=C\C/C=C\CC)COC(OCC[N+](C)(C)C)C(=O)O. The predicted molar refractivity (Wildman–Crippen MR) is 327 cm³/mol. The molecule has 0 aromatic rings. The summed E-state index contributed by atoms with van der Waals surface area (Å²) >= 11 is 0. The number of carboxylic acid groups (broad SMARTS) is 1. The number of esters is 2. The molecular weight excluding hydrogens is 959 g/mol. The number of nitrogens with zero attached hydrogens (tertiary/aromatic N) is 1. The maximum atomic E-state index is 12.9. The minimum atomic E-state index is -1.53. The van der Waals surface area contributed by atoms with Crippen LogP contribution in [0.25, 0.3) is 0 Å². The summed E-state index contributed by atoms with van der Waals surface area (Å²) in [6.45, 7) is 4.57. The molecule has 2 unspecified atom stereocenters. The Morgan fingerprint density at radius 3 is 1.05 bits per heavy atom. The van der Waals surface area contributed by atoms with E-state index in [9.17, 15) is 19.5 Å². The van der Waals surface area contributed by atoms with Gasteiger partial charge in [-0.05, 0) is 122 Å². The van der Waals surface area contributed by atoms with E-state index >= 15 is 0 Å². The second-order valence-electron chi connectivity index (χ2n) is 20.2. The highest BCUT2D eigenvalue weighted by Gasteiger charge is 2.25. The summed E-state index contributed by atoms with van der Waals surface area (Å²) in [5.41, 5.74) is 0. The second-order valence-corrected chi connectivity index (χ2v) is 20.2. The normalized spacial score (nSPS) is 13.9. The number of carboxylic acids is 1. The molecule has 0 aliphatic carbocycles. The highest BCUT2D eigenvalue weighted by molar-refractivity contribution is 5.71. The van der Waals surface area contributed by atoms with Crippen LogP contribution < -0.4 is 0 Å². The molecule has 0 saturated heterocycles. The third-order valence-electron chi connectivity index (χ3n) is 11.8. The number of ether oxygens (including phenoxy) is 4. The molecule has 0 aliphatic rings. The van der Waals surface area contributed by atoms with Crippen molar-refractivity contribution in [3.63, 3.8) is 0 Å². The molecule has 0 aromatic carbocycles. The van der Waals surface area contributed by atoms with Crippen LogP contribution in [0.4, 0.5) is 0 Å². The summed E-state index contributed by atoms with van der Waals surface area (Å²) in [7, 11) is 5.94. The van der Waals surface area contributed by atoms with Crippen molar-refractivity contribution in [1.29, 1.82) is 0 Å². The fraction of sp³-hybridized carbons (Fsp3) is 0.574. The van der Waals surface area contributed by atoms with Crippen LogP contribution >= 0.6 is 0 Å². The zero-order valence-corrected chi connectivity index (χ0v) is 49.0. The lowest BCUT2D eigenvalue weighted by atomic mass is 10.1. The van der Waals surface area contributed by atoms with Crippen molar-refractivity contribution in [2.45, 2.75) is 206 Å². The van der Waals surface area contributed by atoms with E-state index in [1.807, 2.05) is 21.1 Å². The van der Waals surface area contributed by atoms with Crippen molar-refractivity contribution < 1.29 is 42.9 Å². The van der Waals surface area contributed by atoms with Gasteiger partial charge in [0.05, 0.1) is 34.4 Å². The lowest BCUT2D eigenvalue weighted by molar-refractivity contribution is -0.870. The van der Waals surface area contributed by atoms with Crippen LogP contribution in [0.2, 0.25) is 0 Å². The Balaban J connectivity index is 4.32. The zero-order chi connectivity index (χ0) is 56.2. The first-order valence-electron chi connectivity index (χ1n) is 29.6. The van der Waals surface area contributed by atoms with Crippen LogP contribution in [0.5, 0.6) is 0 Å². The van der Waals surface area contributed by atoms with E-state index < -0.39 is 24.3 Å². The van der Waals surface area contributed by atoms with Crippen LogP contribution in [0.15, 0.2) is 158 Å². The Kier molecular flexibility index (Phi) is 53.3. The number of likely N-dealkylation sites (N-methyl/N-ethyl adjacent to an activating group) is 1. The summed E-state index contributed by atoms with van der Waals surface area (Å²) < 4.78 is 22.8. The molecular formula is C68H108NO8+. The van der Waals surface area contributed by atoms with Crippen molar-refractivity contribution >= 4 is 17.9 Å². The van der Waals surface area contributed by atoms with Crippen LogP contribution in [-0.2, 0) is 33.3 Å². The minimum Gasteiger partial charge on any atom is -0.477 e. The molecule has 0 amide bonds. The number of quaternary nitrogens is 1. The van der Waals surface area contributed by atoms with Gasteiger partial charge in [-0.3, -0.25) is 9.59 Å². The lowest BCUT2D eigenvalue weighted by Gasteiger charge is -2.25. The molecule has 432 valence electrons. The van der Waals surface area contributed by atoms with Crippen molar-refractivity contribution in [2.75, 3.05) is 47.5 Å². The monoisotopic (exact) mass is 1070 g/mol. The van der Waals surface area contributed by atoms with E-state index in [0.29, 0.717) is 23.9 Å². The first-order valence-corrected chi connectivity index (χ1v) is 29.6. The van der Waals surface area contributed by atoms with Gasteiger partial charge < -0.3 is 28.5 Å². The van der Waals surface area contributed by atoms with Crippen molar-refractivity contribution in [3.05, 3.63) is 158 Å². The number of rotatable bonds is 52. The molecule has 9 heteroatoms. The maximum absolute atomic E-state index is 12.9. The predicted octanol–water partition coefficient (Wildman–Crippen LogP) is 17.8. The highest BCUT2D eigenvalue weighted by Crippen LogP contribution is 2.13. The molecule has 0 aromatic heterocycles. The van der Waals surface area contributed by atoms with Gasteiger partial charge in [0.25, 0.3) is 6.29 Å². The first-order chi connectivity index (χ1) is 37.6. The summed E-state index contributed by atoms with van der Waals surface area (Å²) in [4.78, 5) is 37.4. The van der Waals surface area contributed by atoms with Gasteiger partial charge in [-0.15, -0.1) is 0 Å². The number of aliphatic carboxylic acids is 1. The van der Waals surface area contributed by atoms with Crippen LogP contribution in [0, 0.1) is 0 Å². The Morgan fingerprint density at radius 1 is 0.390 bits per heavy atom. The summed E-state index contributed by atoms with van der Waals surface area (Å²) in [5, 5.41) is 9.71. The molecule has 9 nitrogen and oxygen atoms in total. The number of hydrogen-bond acceptors (Lipinski definition) is 7. The van der Waals surface area contributed by atoms with E-state index in [-0.39, 0.29) is 38.6 Å². The quantitative estimate of drug-likeness (QED) is 0.0211. The van der Waals surface area contributed by atoms with Gasteiger partial charge >= 0.3 is 17.9 Å². The standard InChI is InChI=1S/C68H107NO8/c1-6-8-10-12-14-16-18-20-22-24-26-27-28-29-30-31-32-33-34-35-36-37-38-39-41-43-45-47-49-51-53-55-57-59-66(71)77-64(63-76-68(67(72)73)74-61-60-69(3,4)5)62-75-65(70)58-56-54-52-50-48-46-44-42-40-25-23-21-19-17-15-13-11-9-7-2/h8-11,14-17,20-23,26-27,29-30,32-33,35-36,38-40,42,46,48,64,68H,6-7,12-13,18-19,24-25,28,31,34,37,41,43-45,47,49-63H2,1-5H3/p+1/b10-8-,11-9-,16-14-,17-15-,22-20-,23-21-,27-26-,30-29-,33-32-,36-35-,39-38-,42-40-,48-46-. The number of hydrogen-bond donors (Lipinski definition) is 1. The van der Waals surface area contributed by atoms with Crippen molar-refractivity contribution in [2.24, 2.45) is 0 Å². The fourth-order valence-electron chi connectivity index (χ4n) is 7.29. The average Bonchev–Trinajstić information content (AvgIpc) is 3.40. The summed E-state index contributed by atoms with van der Waals surface area (Å²) in [5.74, 6) is -2.08. The van der Waals surface area contributed by atoms with E-state index in [2.05, 4.69) is 172 Å². The largest absolute Gasteiger partial charge is 0.477 e. The van der Waals surface area contributed by atoms with E-state index in [1.165, 1.54) is 25.7 Å². The van der Waals surface area contributed by atoms with Crippen LogP contribution in [0.1, 0.15) is 194 Å². The van der Waals surface area contributed by atoms with Gasteiger partial charge in [-0.2, -0.15) is 0 Å². The molecule has 0 rings (SSSR count). The molecule has 0 heterocycles. The number of carbonyl (C=O) groups is 3. The van der Waals surface area contributed by atoms with Crippen molar-refractivity contribution in [1.82, 2.24) is 0 Å². The highest BCUT2D eigenvalue weighted by atomic mass is 16.7.